The molecular formula is C33H48N4O4Si. The van der Waals surface area contributed by atoms with Gasteiger partial charge in [-0.1, -0.05) is 50.0 Å². The van der Waals surface area contributed by atoms with E-state index < -0.39 is 13.7 Å². The van der Waals surface area contributed by atoms with Gasteiger partial charge in [-0.25, -0.2) is 9.78 Å². The Morgan fingerprint density at radius 1 is 1.07 bits per heavy atom. The number of anilines is 1. The van der Waals surface area contributed by atoms with Crippen LogP contribution in [0.1, 0.15) is 53.4 Å². The number of benzene rings is 1. The van der Waals surface area contributed by atoms with Crippen LogP contribution in [0.15, 0.2) is 48.7 Å². The van der Waals surface area contributed by atoms with Crippen molar-refractivity contribution in [2.75, 3.05) is 11.9 Å². The molecule has 8 nitrogen and oxygen atoms in total. The minimum Gasteiger partial charge on any atom is -0.444 e. The highest BCUT2D eigenvalue weighted by Gasteiger charge is 2.31. The first-order valence-corrected chi connectivity index (χ1v) is 18.9. The number of carbonyl (C=O) groups excluding carboxylic acids is 2. The van der Waals surface area contributed by atoms with Crippen LogP contribution >= 0.6 is 0 Å². The van der Waals surface area contributed by atoms with E-state index in [0.29, 0.717) is 19.3 Å². The second kappa shape index (κ2) is 13.4. The fourth-order valence-electron chi connectivity index (χ4n) is 5.50. The zero-order valence-corrected chi connectivity index (χ0v) is 27.3. The van der Waals surface area contributed by atoms with Crippen molar-refractivity contribution < 1.29 is 19.1 Å². The molecule has 0 spiro atoms. The normalized spacial score (nSPS) is 18.5. The molecule has 4 rings (SSSR count). The molecule has 0 bridgehead atoms. The van der Waals surface area contributed by atoms with E-state index >= 15 is 0 Å². The van der Waals surface area contributed by atoms with E-state index in [9.17, 15) is 9.59 Å². The van der Waals surface area contributed by atoms with Crippen LogP contribution in [0.5, 0.6) is 0 Å². The number of aromatic nitrogens is 2. The molecule has 9 heteroatoms. The molecular weight excluding hydrogens is 544 g/mol. The van der Waals surface area contributed by atoms with Crippen LogP contribution in [-0.2, 0) is 21.0 Å². The molecule has 1 unspecified atom stereocenters. The summed E-state index contributed by atoms with van der Waals surface area (Å²) in [5.41, 5.74) is 3.13. The molecule has 1 aliphatic rings. The SMILES string of the molecule is CC(NC(=O)OC(C)(C)C)C1CCC(C(=O)Nc2ccnc3c2cc(-c2ccccc2)n3COCC[Si](C)(C)C)CC1. The zero-order chi connectivity index (χ0) is 30.5. The summed E-state index contributed by atoms with van der Waals surface area (Å²) < 4.78 is 13.7. The summed E-state index contributed by atoms with van der Waals surface area (Å²) in [5.74, 6) is 0.283. The van der Waals surface area contributed by atoms with Gasteiger partial charge in [0.25, 0.3) is 0 Å². The first kappa shape index (κ1) is 31.8. The highest BCUT2D eigenvalue weighted by atomic mass is 28.3. The number of fused-ring (bicyclic) bond motifs is 1. The van der Waals surface area contributed by atoms with Crippen molar-refractivity contribution in [3.63, 3.8) is 0 Å². The summed E-state index contributed by atoms with van der Waals surface area (Å²) in [6.45, 7) is 15.8. The molecule has 1 aliphatic carbocycles. The van der Waals surface area contributed by atoms with Crippen molar-refractivity contribution in [2.45, 2.75) is 97.4 Å². The van der Waals surface area contributed by atoms with E-state index in [2.05, 4.69) is 53.0 Å². The van der Waals surface area contributed by atoms with Crippen LogP contribution in [0.4, 0.5) is 10.5 Å². The molecule has 228 valence electrons. The smallest absolute Gasteiger partial charge is 0.407 e. The maximum absolute atomic E-state index is 13.4. The Morgan fingerprint density at radius 2 is 1.76 bits per heavy atom. The average Bonchev–Trinajstić information content (AvgIpc) is 3.29. The standard InChI is InChI=1S/C33H48N4O4Si/c1-23(35-32(39)41-33(2,3)4)24-13-15-26(16-14-24)31(38)36-28-17-18-34-30-27(28)21-29(25-11-9-8-10-12-25)37(30)22-40-19-20-42(5,6)7/h8-12,17-18,21,23-24,26H,13-16,19-20,22H2,1-7H3,(H,35,39)(H,34,36,38). The summed E-state index contributed by atoms with van der Waals surface area (Å²) in [6, 6.07) is 15.3. The number of carbonyl (C=O) groups is 2. The minimum absolute atomic E-state index is 0.00665. The Bertz CT molecular complexity index is 1350. The van der Waals surface area contributed by atoms with Crippen molar-refractivity contribution in [3.8, 4) is 11.3 Å². The van der Waals surface area contributed by atoms with Gasteiger partial charge in [-0.2, -0.15) is 0 Å². The zero-order valence-electron chi connectivity index (χ0n) is 26.3. The Labute approximate surface area is 251 Å². The highest BCUT2D eigenvalue weighted by molar-refractivity contribution is 6.76. The number of hydrogen-bond donors (Lipinski definition) is 2. The van der Waals surface area contributed by atoms with Crippen LogP contribution in [0.25, 0.3) is 22.3 Å². The van der Waals surface area contributed by atoms with E-state index in [4.69, 9.17) is 14.5 Å². The fourth-order valence-corrected chi connectivity index (χ4v) is 6.25. The van der Waals surface area contributed by atoms with Crippen molar-refractivity contribution in [1.29, 1.82) is 0 Å². The van der Waals surface area contributed by atoms with Crippen LogP contribution in [0.3, 0.4) is 0 Å². The Morgan fingerprint density at radius 3 is 2.40 bits per heavy atom. The van der Waals surface area contributed by atoms with Gasteiger partial charge in [0, 0.05) is 38.2 Å². The Balaban J connectivity index is 1.44. The second-order valence-corrected chi connectivity index (χ2v) is 19.4. The molecule has 2 aromatic heterocycles. The van der Waals surface area contributed by atoms with Crippen molar-refractivity contribution >= 4 is 36.8 Å². The van der Waals surface area contributed by atoms with E-state index in [1.165, 1.54) is 0 Å². The number of nitrogens with one attached hydrogen (secondary N) is 2. The maximum atomic E-state index is 13.4. The summed E-state index contributed by atoms with van der Waals surface area (Å²) in [7, 11) is -1.20. The number of pyridine rings is 1. The molecule has 1 saturated carbocycles. The highest BCUT2D eigenvalue weighted by Crippen LogP contribution is 2.34. The lowest BCUT2D eigenvalue weighted by Gasteiger charge is -2.32. The van der Waals surface area contributed by atoms with Gasteiger partial charge in [0.05, 0.1) is 11.4 Å². The van der Waals surface area contributed by atoms with Crippen LogP contribution in [0.2, 0.25) is 25.7 Å². The van der Waals surface area contributed by atoms with Gasteiger partial charge in [0.15, 0.2) is 0 Å². The maximum Gasteiger partial charge on any atom is 0.407 e. The second-order valence-electron chi connectivity index (χ2n) is 13.8. The molecule has 0 aliphatic heterocycles. The molecule has 0 radical (unpaired) electrons. The molecule has 2 amide bonds. The molecule has 1 aromatic carbocycles. The Hall–Kier alpha value is -3.17. The van der Waals surface area contributed by atoms with E-state index in [0.717, 1.165) is 59.7 Å². The summed E-state index contributed by atoms with van der Waals surface area (Å²) in [5, 5.41) is 7.10. The fraction of sp³-hybridized carbons (Fsp3) is 0.545. The minimum atomic E-state index is -1.20. The first-order valence-electron chi connectivity index (χ1n) is 15.2. The van der Waals surface area contributed by atoms with Gasteiger partial charge < -0.3 is 24.7 Å². The lowest BCUT2D eigenvalue weighted by molar-refractivity contribution is -0.121. The van der Waals surface area contributed by atoms with Gasteiger partial charge in [0.1, 0.15) is 18.0 Å². The van der Waals surface area contributed by atoms with Crippen LogP contribution < -0.4 is 10.6 Å². The third kappa shape index (κ3) is 8.67. The van der Waals surface area contributed by atoms with Crippen LogP contribution in [-0.4, -0.2) is 47.9 Å². The first-order chi connectivity index (χ1) is 19.8. The van der Waals surface area contributed by atoms with Gasteiger partial charge >= 0.3 is 6.09 Å². The number of alkyl carbamates (subject to hydrolysis) is 1. The lowest BCUT2D eigenvalue weighted by atomic mass is 9.78. The molecule has 2 heterocycles. The van der Waals surface area contributed by atoms with Gasteiger partial charge in [-0.3, -0.25) is 4.79 Å². The third-order valence-corrected chi connectivity index (χ3v) is 9.64. The number of hydrogen-bond acceptors (Lipinski definition) is 5. The number of nitrogens with zero attached hydrogens (tertiary/aromatic N) is 2. The van der Waals surface area contributed by atoms with E-state index in [1.54, 1.807) is 6.20 Å². The molecule has 1 fully saturated rings. The van der Waals surface area contributed by atoms with Crippen LogP contribution in [0, 0.1) is 11.8 Å². The van der Waals surface area contributed by atoms with Gasteiger partial charge in [-0.05, 0) is 83.0 Å². The van der Waals surface area contributed by atoms with Gasteiger partial charge in [-0.15, -0.1) is 0 Å². The predicted octanol–water partition coefficient (Wildman–Crippen LogP) is 7.67. The summed E-state index contributed by atoms with van der Waals surface area (Å²) in [4.78, 5) is 30.4. The summed E-state index contributed by atoms with van der Waals surface area (Å²) in [6.07, 6.45) is 4.69. The predicted molar refractivity (Wildman–Crippen MR) is 172 cm³/mol. The van der Waals surface area contributed by atoms with Gasteiger partial charge in [0.2, 0.25) is 5.91 Å². The molecule has 0 saturated heterocycles. The van der Waals surface area contributed by atoms with Crippen molar-refractivity contribution in [2.24, 2.45) is 11.8 Å². The lowest BCUT2D eigenvalue weighted by Crippen LogP contribution is -2.42. The average molecular weight is 593 g/mol. The van der Waals surface area contributed by atoms with Crippen molar-refractivity contribution in [1.82, 2.24) is 14.9 Å². The number of rotatable bonds is 10. The number of amides is 2. The monoisotopic (exact) mass is 592 g/mol. The van der Waals surface area contributed by atoms with E-state index in [-0.39, 0.29) is 24.0 Å². The molecule has 42 heavy (non-hydrogen) atoms. The number of ether oxygens (including phenoxy) is 2. The van der Waals surface area contributed by atoms with E-state index in [1.807, 2.05) is 52.0 Å². The topological polar surface area (TPSA) is 94.5 Å². The largest absolute Gasteiger partial charge is 0.444 e. The Kier molecular flexibility index (Phi) is 10.1. The molecule has 1 atom stereocenters. The quantitative estimate of drug-likeness (QED) is 0.186. The summed E-state index contributed by atoms with van der Waals surface area (Å²) >= 11 is 0. The molecule has 3 aromatic rings. The third-order valence-electron chi connectivity index (χ3n) is 7.93. The van der Waals surface area contributed by atoms with Crippen molar-refractivity contribution in [3.05, 3.63) is 48.7 Å². The molecule has 2 N–H and O–H groups in total.